The first-order valence-corrected chi connectivity index (χ1v) is 9.25. The van der Waals surface area contributed by atoms with Crippen LogP contribution in [0.1, 0.15) is 21.5 Å². The average Bonchev–Trinajstić information content (AvgIpc) is 3.02. The standard InChI is InChI=1S/C22H19FN4O3/c1-12-4-8-15(9-5-12)27-21(29)19-18(25-22(27)30)16(11-26(19)3)20(28)24-14-7-6-13(2)17(23)10-14/h4-11H,1-3H3,(H,24,28)(H,25,30). The molecule has 0 saturated heterocycles. The summed E-state index contributed by atoms with van der Waals surface area (Å²) in [5.41, 5.74) is 1.37. The van der Waals surface area contributed by atoms with Crippen LogP contribution in [0.25, 0.3) is 16.7 Å². The van der Waals surface area contributed by atoms with Crippen molar-refractivity contribution in [1.82, 2.24) is 14.1 Å². The van der Waals surface area contributed by atoms with Crippen molar-refractivity contribution in [2.24, 2.45) is 7.05 Å². The lowest BCUT2D eigenvalue weighted by atomic mass is 10.2. The van der Waals surface area contributed by atoms with E-state index in [1.807, 2.05) is 6.92 Å². The fourth-order valence-electron chi connectivity index (χ4n) is 3.34. The molecule has 2 heterocycles. The Morgan fingerprint density at radius 3 is 2.43 bits per heavy atom. The van der Waals surface area contributed by atoms with Gasteiger partial charge in [0.15, 0.2) is 0 Å². The van der Waals surface area contributed by atoms with Gasteiger partial charge >= 0.3 is 5.69 Å². The number of anilines is 1. The Morgan fingerprint density at radius 2 is 1.77 bits per heavy atom. The smallest absolute Gasteiger partial charge is 0.333 e. The Kier molecular flexibility index (Phi) is 4.62. The molecule has 152 valence electrons. The zero-order chi connectivity index (χ0) is 21.6. The predicted molar refractivity (Wildman–Crippen MR) is 113 cm³/mol. The van der Waals surface area contributed by atoms with Gasteiger partial charge in [-0.1, -0.05) is 23.8 Å². The first-order valence-electron chi connectivity index (χ1n) is 9.25. The van der Waals surface area contributed by atoms with Crippen molar-refractivity contribution in [2.75, 3.05) is 5.32 Å². The zero-order valence-corrected chi connectivity index (χ0v) is 16.6. The van der Waals surface area contributed by atoms with Crippen LogP contribution < -0.4 is 16.6 Å². The summed E-state index contributed by atoms with van der Waals surface area (Å²) in [5, 5.41) is 2.60. The van der Waals surface area contributed by atoms with Gasteiger partial charge in [-0.3, -0.25) is 9.59 Å². The normalized spacial score (nSPS) is 11.1. The molecule has 0 unspecified atom stereocenters. The van der Waals surface area contributed by atoms with Gasteiger partial charge in [-0.15, -0.1) is 0 Å². The number of benzene rings is 2. The number of amides is 1. The summed E-state index contributed by atoms with van der Waals surface area (Å²) < 4.78 is 16.3. The van der Waals surface area contributed by atoms with Gasteiger partial charge in [0.25, 0.3) is 11.5 Å². The number of H-pyrrole nitrogens is 1. The fraction of sp³-hybridized carbons (Fsp3) is 0.136. The van der Waals surface area contributed by atoms with Crippen molar-refractivity contribution in [2.45, 2.75) is 13.8 Å². The van der Waals surface area contributed by atoms with E-state index in [0.29, 0.717) is 11.3 Å². The number of hydrogen-bond acceptors (Lipinski definition) is 3. The number of aryl methyl sites for hydroxylation is 3. The molecule has 2 N–H and O–H groups in total. The Balaban J connectivity index is 1.82. The molecule has 0 saturated carbocycles. The zero-order valence-electron chi connectivity index (χ0n) is 16.6. The van der Waals surface area contributed by atoms with Gasteiger partial charge in [-0.2, -0.15) is 0 Å². The second kappa shape index (κ2) is 7.14. The van der Waals surface area contributed by atoms with Crippen molar-refractivity contribution in [1.29, 1.82) is 0 Å². The first-order chi connectivity index (χ1) is 14.3. The first kappa shape index (κ1) is 19.4. The maximum Gasteiger partial charge on any atom is 0.333 e. The number of nitrogens with zero attached hydrogens (tertiary/aromatic N) is 2. The van der Waals surface area contributed by atoms with Crippen LogP contribution in [-0.4, -0.2) is 20.0 Å². The molecule has 0 aliphatic carbocycles. The van der Waals surface area contributed by atoms with E-state index < -0.39 is 23.0 Å². The minimum Gasteiger partial charge on any atom is -0.344 e. The number of nitrogens with one attached hydrogen (secondary N) is 2. The predicted octanol–water partition coefficient (Wildman–Crippen LogP) is 3.03. The number of rotatable bonds is 3. The van der Waals surface area contributed by atoms with Crippen molar-refractivity contribution in [3.8, 4) is 5.69 Å². The summed E-state index contributed by atoms with van der Waals surface area (Å²) in [6.07, 6.45) is 1.46. The number of fused-ring (bicyclic) bond motifs is 1. The third-order valence-corrected chi connectivity index (χ3v) is 4.99. The van der Waals surface area contributed by atoms with E-state index >= 15 is 0 Å². The third-order valence-electron chi connectivity index (χ3n) is 4.99. The summed E-state index contributed by atoms with van der Waals surface area (Å²) in [7, 11) is 1.61. The molecule has 0 aliphatic rings. The van der Waals surface area contributed by atoms with Crippen LogP contribution in [-0.2, 0) is 7.05 Å². The third kappa shape index (κ3) is 3.22. The second-order valence-corrected chi connectivity index (χ2v) is 7.20. The van der Waals surface area contributed by atoms with E-state index in [9.17, 15) is 18.8 Å². The van der Waals surface area contributed by atoms with Crippen molar-refractivity contribution in [3.63, 3.8) is 0 Å². The lowest BCUT2D eigenvalue weighted by molar-refractivity contribution is 0.102. The van der Waals surface area contributed by atoms with E-state index in [1.165, 1.54) is 16.8 Å². The molecule has 30 heavy (non-hydrogen) atoms. The number of carbonyl (C=O) groups excluding carboxylic acids is 1. The molecule has 0 aliphatic heterocycles. The molecule has 0 spiro atoms. The quantitative estimate of drug-likeness (QED) is 0.548. The van der Waals surface area contributed by atoms with Crippen LogP contribution >= 0.6 is 0 Å². The van der Waals surface area contributed by atoms with E-state index in [-0.39, 0.29) is 22.3 Å². The van der Waals surface area contributed by atoms with Gasteiger partial charge in [-0.25, -0.2) is 13.8 Å². The molecule has 1 amide bonds. The number of aromatic nitrogens is 3. The topological polar surface area (TPSA) is 88.9 Å². The highest BCUT2D eigenvalue weighted by atomic mass is 19.1. The van der Waals surface area contributed by atoms with E-state index in [0.717, 1.165) is 10.1 Å². The van der Waals surface area contributed by atoms with E-state index in [1.54, 1.807) is 50.4 Å². The van der Waals surface area contributed by atoms with Crippen molar-refractivity contribution >= 4 is 22.6 Å². The highest BCUT2D eigenvalue weighted by Crippen LogP contribution is 2.19. The van der Waals surface area contributed by atoms with Crippen LogP contribution in [0.3, 0.4) is 0 Å². The molecule has 0 bridgehead atoms. The molecule has 4 aromatic rings. The average molecular weight is 406 g/mol. The highest BCUT2D eigenvalue weighted by molar-refractivity contribution is 6.11. The van der Waals surface area contributed by atoms with Crippen LogP contribution in [0.4, 0.5) is 10.1 Å². The van der Waals surface area contributed by atoms with Gasteiger partial charge < -0.3 is 14.9 Å². The van der Waals surface area contributed by atoms with Crippen LogP contribution in [0, 0.1) is 19.7 Å². The molecule has 2 aromatic heterocycles. The Hall–Kier alpha value is -3.94. The van der Waals surface area contributed by atoms with E-state index in [4.69, 9.17) is 0 Å². The van der Waals surface area contributed by atoms with Crippen LogP contribution in [0.5, 0.6) is 0 Å². The summed E-state index contributed by atoms with van der Waals surface area (Å²) >= 11 is 0. The summed E-state index contributed by atoms with van der Waals surface area (Å²) in [6.45, 7) is 3.53. The lowest BCUT2D eigenvalue weighted by Crippen LogP contribution is -2.34. The summed E-state index contributed by atoms with van der Waals surface area (Å²) in [4.78, 5) is 41.2. The number of aromatic amines is 1. The van der Waals surface area contributed by atoms with E-state index in [2.05, 4.69) is 10.3 Å². The SMILES string of the molecule is Cc1ccc(-n2c(=O)[nH]c3c(C(=O)Nc4ccc(C)c(F)c4)cn(C)c3c2=O)cc1. The maximum atomic E-state index is 13.8. The van der Waals surface area contributed by atoms with Crippen LogP contribution in [0.2, 0.25) is 0 Å². The Labute approximate surface area is 170 Å². The van der Waals surface area contributed by atoms with Crippen molar-refractivity contribution in [3.05, 3.63) is 92.0 Å². The highest BCUT2D eigenvalue weighted by Gasteiger charge is 2.20. The Morgan fingerprint density at radius 1 is 1.07 bits per heavy atom. The monoisotopic (exact) mass is 406 g/mol. The molecule has 7 nitrogen and oxygen atoms in total. The largest absolute Gasteiger partial charge is 0.344 e. The minimum atomic E-state index is -0.655. The van der Waals surface area contributed by atoms with Gasteiger partial charge in [-0.05, 0) is 43.7 Å². The maximum absolute atomic E-state index is 13.8. The minimum absolute atomic E-state index is 0.110. The van der Waals surface area contributed by atoms with Gasteiger partial charge in [0, 0.05) is 18.9 Å². The molecule has 4 rings (SSSR count). The number of halogens is 1. The molecule has 2 aromatic carbocycles. The fourth-order valence-corrected chi connectivity index (χ4v) is 3.34. The molecule has 0 radical (unpaired) electrons. The van der Waals surface area contributed by atoms with Gasteiger partial charge in [0.05, 0.1) is 16.8 Å². The van der Waals surface area contributed by atoms with Crippen LogP contribution in [0.15, 0.2) is 58.3 Å². The Bertz CT molecular complexity index is 1410. The number of carbonyl (C=O) groups is 1. The summed E-state index contributed by atoms with van der Waals surface area (Å²) in [5.74, 6) is -1.01. The second-order valence-electron chi connectivity index (χ2n) is 7.20. The van der Waals surface area contributed by atoms with Crippen molar-refractivity contribution < 1.29 is 9.18 Å². The molecule has 8 heteroatoms. The van der Waals surface area contributed by atoms with Gasteiger partial charge in [0.1, 0.15) is 11.3 Å². The molecular formula is C22H19FN4O3. The van der Waals surface area contributed by atoms with Gasteiger partial charge in [0.2, 0.25) is 0 Å². The number of hydrogen-bond donors (Lipinski definition) is 2. The molecule has 0 fully saturated rings. The molecule has 0 atom stereocenters. The molecular weight excluding hydrogens is 387 g/mol. The lowest BCUT2D eigenvalue weighted by Gasteiger charge is -2.07. The summed E-state index contributed by atoms with van der Waals surface area (Å²) in [6, 6.07) is 11.3.